The lowest BCUT2D eigenvalue weighted by Gasteiger charge is -2.25. The van der Waals surface area contributed by atoms with Crippen molar-refractivity contribution in [2.24, 2.45) is 0 Å². The van der Waals surface area contributed by atoms with Gasteiger partial charge in [0.05, 0.1) is 5.69 Å². The van der Waals surface area contributed by atoms with Crippen LogP contribution < -0.4 is 4.90 Å². The van der Waals surface area contributed by atoms with Gasteiger partial charge in [-0.3, -0.25) is 0 Å². The fourth-order valence-electron chi connectivity index (χ4n) is 5.51. The first-order valence-corrected chi connectivity index (χ1v) is 12.4. The molecule has 0 unspecified atom stereocenters. The van der Waals surface area contributed by atoms with Crippen molar-refractivity contribution in [1.82, 2.24) is 0 Å². The third-order valence-corrected chi connectivity index (χ3v) is 7.22. The Morgan fingerprint density at radius 3 is 1.95 bits per heavy atom. The molecule has 0 radical (unpaired) electrons. The zero-order valence-electron chi connectivity index (χ0n) is 19.9. The minimum atomic E-state index is 0.879. The lowest BCUT2D eigenvalue weighted by molar-refractivity contribution is 0.669. The fraction of sp³-hybridized carbons (Fsp3) is 0. The summed E-state index contributed by atoms with van der Waals surface area (Å²) < 4.78 is 12.6. The van der Waals surface area contributed by atoms with Crippen LogP contribution in [0.4, 0.5) is 17.1 Å². The second-order valence-electron chi connectivity index (χ2n) is 9.40. The molecule has 0 atom stereocenters. The van der Waals surface area contributed by atoms with E-state index in [0.29, 0.717) is 0 Å². The third-order valence-electron chi connectivity index (χ3n) is 7.22. The van der Waals surface area contributed by atoms with Crippen molar-refractivity contribution >= 4 is 71.7 Å². The number of anilines is 3. The van der Waals surface area contributed by atoms with Crippen molar-refractivity contribution in [2.75, 3.05) is 4.90 Å². The summed E-state index contributed by atoms with van der Waals surface area (Å²) in [7, 11) is 0. The quantitative estimate of drug-likeness (QED) is 0.255. The molecule has 6 aromatic carbocycles. The van der Waals surface area contributed by atoms with Crippen LogP contribution in [0.2, 0.25) is 0 Å². The van der Waals surface area contributed by atoms with Gasteiger partial charge in [0.1, 0.15) is 16.7 Å². The first kappa shape index (κ1) is 20.2. The van der Waals surface area contributed by atoms with Gasteiger partial charge >= 0.3 is 0 Å². The van der Waals surface area contributed by atoms with E-state index in [9.17, 15) is 0 Å². The molecule has 0 spiro atoms. The summed E-state index contributed by atoms with van der Waals surface area (Å²) in [5.74, 6) is 0. The number of para-hydroxylation sites is 4. The molecule has 0 fully saturated rings. The van der Waals surface area contributed by atoms with Gasteiger partial charge in [-0.2, -0.15) is 0 Å². The molecule has 2 heterocycles. The molecule has 8 aromatic rings. The fourth-order valence-corrected chi connectivity index (χ4v) is 5.51. The van der Waals surface area contributed by atoms with Gasteiger partial charge in [-0.15, -0.1) is 0 Å². The number of furan rings is 2. The summed E-state index contributed by atoms with van der Waals surface area (Å²) in [4.78, 5) is 2.28. The molecular formula is C34H21NO2. The normalized spacial score (nSPS) is 11.8. The summed E-state index contributed by atoms with van der Waals surface area (Å²) in [6.07, 6.45) is 0. The second-order valence-corrected chi connectivity index (χ2v) is 9.40. The highest BCUT2D eigenvalue weighted by molar-refractivity contribution is 6.12. The Morgan fingerprint density at radius 2 is 1.11 bits per heavy atom. The van der Waals surface area contributed by atoms with E-state index in [1.807, 2.05) is 30.3 Å². The first-order chi connectivity index (χ1) is 18.3. The molecule has 0 aliphatic carbocycles. The van der Waals surface area contributed by atoms with E-state index >= 15 is 0 Å². The Morgan fingerprint density at radius 1 is 0.405 bits per heavy atom. The molecular weight excluding hydrogens is 454 g/mol. The number of fused-ring (bicyclic) bond motifs is 7. The van der Waals surface area contributed by atoms with Gasteiger partial charge in [0.2, 0.25) is 0 Å². The summed E-state index contributed by atoms with van der Waals surface area (Å²) in [6.45, 7) is 0. The first-order valence-electron chi connectivity index (χ1n) is 12.4. The van der Waals surface area contributed by atoms with Crippen molar-refractivity contribution in [3.05, 3.63) is 127 Å². The van der Waals surface area contributed by atoms with Crippen LogP contribution in [-0.4, -0.2) is 0 Å². The predicted octanol–water partition coefficient (Wildman–Crippen LogP) is 10.1. The van der Waals surface area contributed by atoms with E-state index < -0.39 is 0 Å². The summed E-state index contributed by atoms with van der Waals surface area (Å²) in [6, 6.07) is 44.3. The van der Waals surface area contributed by atoms with Gasteiger partial charge in [-0.1, -0.05) is 72.8 Å². The standard InChI is InChI=1S/C34H21NO2/c1-2-9-24(10-3-1)35(30-14-8-13-28-26-11-4-7-16-32(26)37-34(28)30)25-18-17-22-21-33-29(20-23(22)19-25)27-12-5-6-15-31(27)36-33/h1-21H. The maximum Gasteiger partial charge on any atom is 0.159 e. The maximum absolute atomic E-state index is 6.44. The van der Waals surface area contributed by atoms with Crippen LogP contribution in [0.1, 0.15) is 0 Å². The summed E-state index contributed by atoms with van der Waals surface area (Å²) >= 11 is 0. The Bertz CT molecular complexity index is 2100. The van der Waals surface area contributed by atoms with Crippen LogP contribution >= 0.6 is 0 Å². The van der Waals surface area contributed by atoms with Gasteiger partial charge in [-0.25, -0.2) is 0 Å². The van der Waals surface area contributed by atoms with E-state index in [0.717, 1.165) is 71.7 Å². The van der Waals surface area contributed by atoms with Crippen LogP contribution in [0.3, 0.4) is 0 Å². The highest BCUT2D eigenvalue weighted by Crippen LogP contribution is 2.43. The molecule has 37 heavy (non-hydrogen) atoms. The molecule has 3 nitrogen and oxygen atoms in total. The monoisotopic (exact) mass is 475 g/mol. The minimum absolute atomic E-state index is 0.879. The topological polar surface area (TPSA) is 29.5 Å². The maximum atomic E-state index is 6.44. The second kappa shape index (κ2) is 7.74. The zero-order chi connectivity index (χ0) is 24.3. The smallest absolute Gasteiger partial charge is 0.159 e. The number of hydrogen-bond acceptors (Lipinski definition) is 3. The molecule has 3 heteroatoms. The van der Waals surface area contributed by atoms with Crippen molar-refractivity contribution in [1.29, 1.82) is 0 Å². The summed E-state index contributed by atoms with van der Waals surface area (Å²) in [5, 5.41) is 6.81. The molecule has 8 rings (SSSR count). The average Bonchev–Trinajstić information content (AvgIpc) is 3.51. The largest absolute Gasteiger partial charge is 0.456 e. The highest BCUT2D eigenvalue weighted by atomic mass is 16.3. The SMILES string of the molecule is c1ccc(N(c2ccc3cc4oc5ccccc5c4cc3c2)c2cccc3c2oc2ccccc23)cc1. The molecule has 0 saturated carbocycles. The van der Waals surface area contributed by atoms with E-state index in [-0.39, 0.29) is 0 Å². The van der Waals surface area contributed by atoms with Crippen molar-refractivity contribution < 1.29 is 8.83 Å². The molecule has 0 saturated heterocycles. The molecule has 0 amide bonds. The molecule has 174 valence electrons. The Kier molecular flexibility index (Phi) is 4.23. The van der Waals surface area contributed by atoms with E-state index in [1.165, 1.54) is 0 Å². The Labute approximate surface area is 212 Å². The number of hydrogen-bond donors (Lipinski definition) is 0. The average molecular weight is 476 g/mol. The Hall–Kier alpha value is -5.02. The van der Waals surface area contributed by atoms with Gasteiger partial charge < -0.3 is 13.7 Å². The molecule has 0 aliphatic heterocycles. The lowest BCUT2D eigenvalue weighted by Crippen LogP contribution is -2.10. The molecule has 0 N–H and O–H groups in total. The Balaban J connectivity index is 1.39. The summed E-state index contributed by atoms with van der Waals surface area (Å²) in [5.41, 5.74) is 6.75. The highest BCUT2D eigenvalue weighted by Gasteiger charge is 2.19. The van der Waals surface area contributed by atoms with Crippen molar-refractivity contribution in [3.63, 3.8) is 0 Å². The zero-order valence-corrected chi connectivity index (χ0v) is 19.9. The van der Waals surface area contributed by atoms with Crippen molar-refractivity contribution in [3.8, 4) is 0 Å². The number of rotatable bonds is 3. The molecule has 2 aromatic heterocycles. The van der Waals surface area contributed by atoms with Gasteiger partial charge in [0.25, 0.3) is 0 Å². The van der Waals surface area contributed by atoms with E-state index in [2.05, 4.69) is 102 Å². The molecule has 0 bridgehead atoms. The van der Waals surface area contributed by atoms with Crippen LogP contribution in [0.25, 0.3) is 54.6 Å². The van der Waals surface area contributed by atoms with E-state index in [1.54, 1.807) is 0 Å². The van der Waals surface area contributed by atoms with Crippen molar-refractivity contribution in [2.45, 2.75) is 0 Å². The third kappa shape index (κ3) is 3.08. The van der Waals surface area contributed by atoms with Crippen LogP contribution in [0.5, 0.6) is 0 Å². The lowest BCUT2D eigenvalue weighted by atomic mass is 10.0. The van der Waals surface area contributed by atoms with E-state index in [4.69, 9.17) is 8.83 Å². The van der Waals surface area contributed by atoms with Crippen LogP contribution in [0.15, 0.2) is 136 Å². The van der Waals surface area contributed by atoms with Gasteiger partial charge in [0, 0.05) is 32.9 Å². The minimum Gasteiger partial charge on any atom is -0.456 e. The predicted molar refractivity (Wildman–Crippen MR) is 153 cm³/mol. The number of nitrogens with zero attached hydrogens (tertiary/aromatic N) is 1. The molecule has 0 aliphatic rings. The van der Waals surface area contributed by atoms with Gasteiger partial charge in [-0.05, 0) is 65.4 Å². The number of benzene rings is 6. The van der Waals surface area contributed by atoms with Crippen LogP contribution in [0, 0.1) is 0 Å². The van der Waals surface area contributed by atoms with Gasteiger partial charge in [0.15, 0.2) is 5.58 Å². The van der Waals surface area contributed by atoms with Crippen LogP contribution in [-0.2, 0) is 0 Å².